The van der Waals surface area contributed by atoms with Gasteiger partial charge in [0.05, 0.1) is 12.1 Å². The second-order valence-electron chi connectivity index (χ2n) is 5.33. The van der Waals surface area contributed by atoms with Crippen LogP contribution in [0.5, 0.6) is 0 Å². The minimum absolute atomic E-state index is 0.239. The highest BCUT2D eigenvalue weighted by molar-refractivity contribution is 5.95. The molecule has 0 radical (unpaired) electrons. The summed E-state index contributed by atoms with van der Waals surface area (Å²) in [5, 5.41) is 12.4. The van der Waals surface area contributed by atoms with Gasteiger partial charge in [0.25, 0.3) is 5.91 Å². The molecule has 0 heterocycles. The van der Waals surface area contributed by atoms with Gasteiger partial charge < -0.3 is 10.4 Å². The average molecular weight is 287 g/mol. The Bertz CT molecular complexity index is 622. The Balaban J connectivity index is 2.28. The van der Waals surface area contributed by atoms with Gasteiger partial charge in [0.2, 0.25) is 0 Å². The van der Waals surface area contributed by atoms with E-state index in [0.717, 1.165) is 5.56 Å². The molecule has 2 aromatic rings. The van der Waals surface area contributed by atoms with Crippen molar-refractivity contribution in [2.75, 3.05) is 6.61 Å². The first-order valence-electron chi connectivity index (χ1n) is 6.71. The van der Waals surface area contributed by atoms with Gasteiger partial charge in [-0.25, -0.2) is 4.39 Å². The lowest BCUT2D eigenvalue weighted by molar-refractivity contribution is 0.0849. The van der Waals surface area contributed by atoms with Gasteiger partial charge in [0.15, 0.2) is 0 Å². The maximum absolute atomic E-state index is 13.4. The Labute approximate surface area is 123 Å². The molecule has 0 bridgehead atoms. The normalized spacial score (nSPS) is 13.5. The number of nitrogens with one attached hydrogen (secondary N) is 1. The number of carbonyl (C=O) groups is 1. The molecule has 0 spiro atoms. The fourth-order valence-corrected chi connectivity index (χ4v) is 2.20. The molecule has 0 saturated heterocycles. The Kier molecular flexibility index (Phi) is 4.38. The number of carbonyl (C=O) groups excluding carboxylic acids is 1. The van der Waals surface area contributed by atoms with E-state index in [1.54, 1.807) is 19.9 Å². The maximum atomic E-state index is 13.4. The minimum Gasteiger partial charge on any atom is -0.394 e. The summed E-state index contributed by atoms with van der Waals surface area (Å²) < 4.78 is 13.4. The second-order valence-corrected chi connectivity index (χ2v) is 5.33. The summed E-state index contributed by atoms with van der Waals surface area (Å²) in [5.41, 5.74) is 0.779. The number of hydrogen-bond acceptors (Lipinski definition) is 2. The summed E-state index contributed by atoms with van der Waals surface area (Å²) in [4.78, 5) is 12.3. The number of hydrogen-bond donors (Lipinski definition) is 2. The van der Waals surface area contributed by atoms with E-state index in [9.17, 15) is 14.3 Å². The Morgan fingerprint density at radius 2 is 1.90 bits per heavy atom. The zero-order valence-corrected chi connectivity index (χ0v) is 12.1. The second kappa shape index (κ2) is 6.06. The molecule has 4 heteroatoms. The van der Waals surface area contributed by atoms with E-state index in [-0.39, 0.29) is 12.2 Å². The van der Waals surface area contributed by atoms with Gasteiger partial charge in [-0.1, -0.05) is 30.3 Å². The largest absolute Gasteiger partial charge is 0.394 e. The molecule has 2 rings (SSSR count). The van der Waals surface area contributed by atoms with E-state index in [0.29, 0.717) is 5.56 Å². The first-order valence-corrected chi connectivity index (χ1v) is 6.71. The molecule has 0 aliphatic rings. The van der Waals surface area contributed by atoms with E-state index < -0.39 is 17.3 Å². The van der Waals surface area contributed by atoms with Crippen molar-refractivity contribution in [3.63, 3.8) is 0 Å². The zero-order chi connectivity index (χ0) is 15.5. The highest BCUT2D eigenvalue weighted by Gasteiger charge is 2.28. The number of rotatable bonds is 4. The third-order valence-electron chi connectivity index (χ3n) is 3.42. The lowest BCUT2D eigenvalue weighted by Gasteiger charge is -2.29. The molecular weight excluding hydrogens is 269 g/mol. The van der Waals surface area contributed by atoms with Crippen LogP contribution in [0.4, 0.5) is 4.39 Å². The fourth-order valence-electron chi connectivity index (χ4n) is 2.20. The van der Waals surface area contributed by atoms with Gasteiger partial charge >= 0.3 is 0 Å². The topological polar surface area (TPSA) is 49.3 Å². The Morgan fingerprint density at radius 1 is 1.24 bits per heavy atom. The predicted octanol–water partition coefficient (Wildman–Crippen LogP) is 2.77. The van der Waals surface area contributed by atoms with Crippen molar-refractivity contribution in [2.24, 2.45) is 0 Å². The molecule has 1 atom stereocenters. The van der Waals surface area contributed by atoms with E-state index in [4.69, 9.17) is 0 Å². The molecular formula is C17H18FNO2. The molecule has 110 valence electrons. The van der Waals surface area contributed by atoms with Crippen LogP contribution in [-0.2, 0) is 5.54 Å². The number of halogens is 1. The molecule has 0 aromatic heterocycles. The summed E-state index contributed by atoms with van der Waals surface area (Å²) in [5.74, 6) is -0.872. The van der Waals surface area contributed by atoms with Gasteiger partial charge in [0.1, 0.15) is 5.82 Å². The van der Waals surface area contributed by atoms with E-state index in [2.05, 4.69) is 5.32 Å². The van der Waals surface area contributed by atoms with E-state index in [1.807, 2.05) is 30.3 Å². The van der Waals surface area contributed by atoms with Crippen LogP contribution in [0.1, 0.15) is 28.4 Å². The van der Waals surface area contributed by atoms with E-state index >= 15 is 0 Å². The van der Waals surface area contributed by atoms with Crippen molar-refractivity contribution in [3.8, 4) is 0 Å². The molecule has 21 heavy (non-hydrogen) atoms. The van der Waals surface area contributed by atoms with Gasteiger partial charge in [-0.15, -0.1) is 0 Å². The molecule has 3 nitrogen and oxygen atoms in total. The van der Waals surface area contributed by atoms with Crippen LogP contribution in [-0.4, -0.2) is 17.6 Å². The van der Waals surface area contributed by atoms with Crippen LogP contribution in [0.15, 0.2) is 48.5 Å². The smallest absolute Gasteiger partial charge is 0.252 e. The number of aliphatic hydroxyl groups excluding tert-OH is 1. The van der Waals surface area contributed by atoms with Gasteiger partial charge in [-0.05, 0) is 43.2 Å². The molecule has 0 aliphatic carbocycles. The Morgan fingerprint density at radius 3 is 2.48 bits per heavy atom. The lowest BCUT2D eigenvalue weighted by atomic mass is 9.92. The third-order valence-corrected chi connectivity index (χ3v) is 3.42. The number of aryl methyl sites for hydroxylation is 1. The maximum Gasteiger partial charge on any atom is 0.252 e. The van der Waals surface area contributed by atoms with Crippen LogP contribution >= 0.6 is 0 Å². The first-order chi connectivity index (χ1) is 9.94. The van der Waals surface area contributed by atoms with Crippen LogP contribution in [0.25, 0.3) is 0 Å². The number of benzene rings is 2. The standard InChI is InChI=1S/C17H18FNO2/c1-12-8-13(10-15(18)9-12)16(21)19-17(2,11-20)14-6-4-3-5-7-14/h3-10,20H,11H2,1-2H3,(H,19,21). The zero-order valence-electron chi connectivity index (χ0n) is 12.1. The van der Waals surface area contributed by atoms with Crippen molar-refractivity contribution in [2.45, 2.75) is 19.4 Å². The number of aliphatic hydroxyl groups is 1. The van der Waals surface area contributed by atoms with Gasteiger partial charge in [0, 0.05) is 5.56 Å². The molecule has 0 saturated carbocycles. The Hall–Kier alpha value is -2.20. The minimum atomic E-state index is -0.918. The van der Waals surface area contributed by atoms with E-state index in [1.165, 1.54) is 12.1 Å². The quantitative estimate of drug-likeness (QED) is 0.908. The first kappa shape index (κ1) is 15.2. The van der Waals surface area contributed by atoms with Crippen molar-refractivity contribution >= 4 is 5.91 Å². The summed E-state index contributed by atoms with van der Waals surface area (Å²) in [6.07, 6.45) is 0. The monoisotopic (exact) mass is 287 g/mol. The van der Waals surface area contributed by atoms with Crippen LogP contribution < -0.4 is 5.32 Å². The third kappa shape index (κ3) is 3.47. The molecule has 0 fully saturated rings. The van der Waals surface area contributed by atoms with Crippen molar-refractivity contribution in [1.82, 2.24) is 5.32 Å². The summed E-state index contributed by atoms with van der Waals surface area (Å²) in [7, 11) is 0. The molecule has 1 unspecified atom stereocenters. The summed E-state index contributed by atoms with van der Waals surface area (Å²) in [6, 6.07) is 13.3. The highest BCUT2D eigenvalue weighted by atomic mass is 19.1. The van der Waals surface area contributed by atoms with Crippen LogP contribution in [0, 0.1) is 12.7 Å². The van der Waals surface area contributed by atoms with Crippen molar-refractivity contribution in [3.05, 3.63) is 71.0 Å². The summed E-state index contributed by atoms with van der Waals surface area (Å²) in [6.45, 7) is 3.20. The molecule has 1 amide bonds. The molecule has 0 aliphatic heterocycles. The molecule has 2 aromatic carbocycles. The fraction of sp³-hybridized carbons (Fsp3) is 0.235. The number of amides is 1. The van der Waals surface area contributed by atoms with Crippen LogP contribution in [0.2, 0.25) is 0 Å². The van der Waals surface area contributed by atoms with Gasteiger partial charge in [-0.2, -0.15) is 0 Å². The lowest BCUT2D eigenvalue weighted by Crippen LogP contribution is -2.46. The average Bonchev–Trinajstić information content (AvgIpc) is 2.47. The van der Waals surface area contributed by atoms with Gasteiger partial charge in [-0.3, -0.25) is 4.79 Å². The molecule has 2 N–H and O–H groups in total. The highest BCUT2D eigenvalue weighted by Crippen LogP contribution is 2.21. The van der Waals surface area contributed by atoms with Crippen molar-refractivity contribution in [1.29, 1.82) is 0 Å². The predicted molar refractivity (Wildman–Crippen MR) is 79.5 cm³/mol. The SMILES string of the molecule is Cc1cc(F)cc(C(=O)NC(C)(CO)c2ccccc2)c1. The van der Waals surface area contributed by atoms with Crippen molar-refractivity contribution < 1.29 is 14.3 Å². The van der Waals surface area contributed by atoms with Crippen LogP contribution in [0.3, 0.4) is 0 Å². The summed E-state index contributed by atoms with van der Waals surface area (Å²) >= 11 is 0.